The first-order valence-corrected chi connectivity index (χ1v) is 10.2. The van der Waals surface area contributed by atoms with Crippen LogP contribution in [0.2, 0.25) is 0 Å². The molecule has 0 bridgehead atoms. The molecule has 5 rings (SSSR count). The molecule has 0 amide bonds. The fourth-order valence-corrected chi connectivity index (χ4v) is 3.55. The predicted molar refractivity (Wildman–Crippen MR) is 117 cm³/mol. The summed E-state index contributed by atoms with van der Waals surface area (Å²) in [5.41, 5.74) is 2.34. The summed E-state index contributed by atoms with van der Waals surface area (Å²) >= 11 is 0. The molecule has 4 aromatic rings. The zero-order valence-corrected chi connectivity index (χ0v) is 16.5. The lowest BCUT2D eigenvalue weighted by molar-refractivity contribution is 0.483. The van der Waals surface area contributed by atoms with E-state index in [4.69, 9.17) is 9.72 Å². The molecular weight excluding hydrogens is 376 g/mol. The van der Waals surface area contributed by atoms with E-state index < -0.39 is 0 Å². The van der Waals surface area contributed by atoms with Gasteiger partial charge >= 0.3 is 0 Å². The van der Waals surface area contributed by atoms with Crippen LogP contribution in [0.1, 0.15) is 19.3 Å². The van der Waals surface area contributed by atoms with E-state index in [0.717, 1.165) is 47.3 Å². The Morgan fingerprint density at radius 1 is 0.800 bits per heavy atom. The molecule has 1 aliphatic rings. The summed E-state index contributed by atoms with van der Waals surface area (Å²) in [5, 5.41) is 3.35. The van der Waals surface area contributed by atoms with Crippen molar-refractivity contribution < 1.29 is 4.74 Å². The summed E-state index contributed by atoms with van der Waals surface area (Å²) in [6, 6.07) is 17.5. The number of para-hydroxylation sites is 1. The molecule has 2 aromatic heterocycles. The average Bonchev–Trinajstić information content (AvgIpc) is 2.82. The zero-order valence-electron chi connectivity index (χ0n) is 16.5. The Balaban J connectivity index is 1.37. The molecule has 0 radical (unpaired) electrons. The first-order valence-electron chi connectivity index (χ1n) is 10.2. The average molecular weight is 398 g/mol. The summed E-state index contributed by atoms with van der Waals surface area (Å²) < 4.78 is 5.86. The summed E-state index contributed by atoms with van der Waals surface area (Å²) in [4.78, 5) is 20.2. The first kappa shape index (κ1) is 18.3. The highest BCUT2D eigenvalue weighted by Gasteiger charge is 2.15. The van der Waals surface area contributed by atoms with E-state index in [2.05, 4.69) is 25.2 Å². The standard InChI is InChI=1S/C23H22N6O/c1-3-7-18(8-4-1)30-19-11-9-17(10-12-19)27-22-21-20(25-16-26-22)15-24-23(28-21)29-13-5-2-6-14-29/h1,3-4,7-12,15-16H,2,5-6,13-14H2,(H,25,26,27). The molecule has 7 heteroatoms. The number of aromatic nitrogens is 4. The molecule has 0 unspecified atom stereocenters. The highest BCUT2D eigenvalue weighted by atomic mass is 16.5. The van der Waals surface area contributed by atoms with Crippen molar-refractivity contribution in [1.82, 2.24) is 19.9 Å². The third-order valence-corrected chi connectivity index (χ3v) is 5.10. The fourth-order valence-electron chi connectivity index (χ4n) is 3.55. The van der Waals surface area contributed by atoms with Crippen molar-refractivity contribution in [1.29, 1.82) is 0 Å². The quantitative estimate of drug-likeness (QED) is 0.510. The molecule has 0 saturated carbocycles. The van der Waals surface area contributed by atoms with Crippen LogP contribution in [0.15, 0.2) is 67.1 Å². The van der Waals surface area contributed by atoms with Crippen LogP contribution in [0.3, 0.4) is 0 Å². The molecule has 1 saturated heterocycles. The minimum absolute atomic E-state index is 0.664. The number of fused-ring (bicyclic) bond motifs is 1. The molecule has 1 fully saturated rings. The largest absolute Gasteiger partial charge is 0.457 e. The molecule has 2 aromatic carbocycles. The molecular formula is C23H22N6O. The maximum atomic E-state index is 5.86. The van der Waals surface area contributed by atoms with E-state index in [0.29, 0.717) is 5.82 Å². The van der Waals surface area contributed by atoms with Gasteiger partial charge in [0.05, 0.1) is 6.20 Å². The van der Waals surface area contributed by atoms with Crippen LogP contribution in [-0.4, -0.2) is 33.0 Å². The number of ether oxygens (including phenoxy) is 1. The maximum absolute atomic E-state index is 5.86. The van der Waals surface area contributed by atoms with Crippen molar-refractivity contribution in [3.05, 3.63) is 67.1 Å². The van der Waals surface area contributed by atoms with Gasteiger partial charge in [0.25, 0.3) is 0 Å². The highest BCUT2D eigenvalue weighted by Crippen LogP contribution is 2.26. The van der Waals surface area contributed by atoms with Crippen LogP contribution in [-0.2, 0) is 0 Å². The second-order valence-corrected chi connectivity index (χ2v) is 7.24. The Morgan fingerprint density at radius 3 is 2.37 bits per heavy atom. The van der Waals surface area contributed by atoms with Crippen LogP contribution in [0, 0.1) is 0 Å². The fraction of sp³-hybridized carbons (Fsp3) is 0.217. The maximum Gasteiger partial charge on any atom is 0.226 e. The Hall–Kier alpha value is -3.74. The van der Waals surface area contributed by atoms with E-state index in [9.17, 15) is 0 Å². The molecule has 1 aliphatic heterocycles. The number of rotatable bonds is 5. The summed E-state index contributed by atoms with van der Waals surface area (Å²) in [6.07, 6.45) is 6.92. The molecule has 30 heavy (non-hydrogen) atoms. The van der Waals surface area contributed by atoms with Gasteiger partial charge in [-0.2, -0.15) is 0 Å². The van der Waals surface area contributed by atoms with Crippen LogP contribution in [0.4, 0.5) is 17.5 Å². The smallest absolute Gasteiger partial charge is 0.226 e. The Labute approximate surface area is 174 Å². The SMILES string of the molecule is c1ccc(Oc2ccc(Nc3ncnc4cnc(N5CCCCC5)nc34)cc2)cc1. The van der Waals surface area contributed by atoms with Crippen molar-refractivity contribution >= 4 is 28.5 Å². The highest BCUT2D eigenvalue weighted by molar-refractivity contribution is 5.87. The molecule has 0 atom stereocenters. The summed E-state index contributed by atoms with van der Waals surface area (Å²) in [5.74, 6) is 2.99. The van der Waals surface area contributed by atoms with Crippen molar-refractivity contribution in [2.45, 2.75) is 19.3 Å². The number of nitrogens with zero attached hydrogens (tertiary/aromatic N) is 5. The van der Waals surface area contributed by atoms with Crippen LogP contribution < -0.4 is 15.0 Å². The molecule has 3 heterocycles. The van der Waals surface area contributed by atoms with Crippen LogP contribution in [0.5, 0.6) is 11.5 Å². The van der Waals surface area contributed by atoms with Gasteiger partial charge in [-0.15, -0.1) is 0 Å². The second kappa shape index (κ2) is 8.32. The lowest BCUT2D eigenvalue weighted by Crippen LogP contribution is -2.31. The van der Waals surface area contributed by atoms with E-state index in [1.54, 1.807) is 6.20 Å². The van der Waals surface area contributed by atoms with Gasteiger partial charge in [0.1, 0.15) is 28.9 Å². The normalized spacial score (nSPS) is 13.9. The number of anilines is 3. The van der Waals surface area contributed by atoms with Crippen molar-refractivity contribution in [2.24, 2.45) is 0 Å². The van der Waals surface area contributed by atoms with Gasteiger partial charge in [-0.05, 0) is 55.7 Å². The Bertz CT molecular complexity index is 1130. The van der Waals surface area contributed by atoms with E-state index in [-0.39, 0.29) is 0 Å². The monoisotopic (exact) mass is 398 g/mol. The Morgan fingerprint density at radius 2 is 1.57 bits per heavy atom. The van der Waals surface area contributed by atoms with Crippen LogP contribution >= 0.6 is 0 Å². The third-order valence-electron chi connectivity index (χ3n) is 5.10. The summed E-state index contributed by atoms with van der Waals surface area (Å²) in [6.45, 7) is 1.98. The Kier molecular flexibility index (Phi) is 5.08. The van der Waals surface area contributed by atoms with Gasteiger partial charge in [-0.25, -0.2) is 19.9 Å². The van der Waals surface area contributed by atoms with Gasteiger partial charge in [-0.3, -0.25) is 0 Å². The number of hydrogen-bond acceptors (Lipinski definition) is 7. The number of nitrogens with one attached hydrogen (secondary N) is 1. The third kappa shape index (κ3) is 4.00. The van der Waals surface area contributed by atoms with Gasteiger partial charge in [-0.1, -0.05) is 18.2 Å². The molecule has 1 N–H and O–H groups in total. The molecule has 7 nitrogen and oxygen atoms in total. The van der Waals surface area contributed by atoms with E-state index in [1.807, 2.05) is 54.6 Å². The second-order valence-electron chi connectivity index (χ2n) is 7.24. The molecule has 150 valence electrons. The lowest BCUT2D eigenvalue weighted by Gasteiger charge is -2.26. The lowest BCUT2D eigenvalue weighted by atomic mass is 10.1. The number of hydrogen-bond donors (Lipinski definition) is 1. The van der Waals surface area contributed by atoms with Crippen molar-refractivity contribution in [2.75, 3.05) is 23.3 Å². The molecule has 0 aliphatic carbocycles. The molecule has 0 spiro atoms. The van der Waals surface area contributed by atoms with Gasteiger partial charge in [0.15, 0.2) is 5.82 Å². The zero-order chi connectivity index (χ0) is 20.2. The minimum atomic E-state index is 0.664. The van der Waals surface area contributed by atoms with Gasteiger partial charge in [0.2, 0.25) is 5.95 Å². The predicted octanol–water partition coefficient (Wildman–Crippen LogP) is 4.95. The number of piperidine rings is 1. The van der Waals surface area contributed by atoms with Crippen LogP contribution in [0.25, 0.3) is 11.0 Å². The van der Waals surface area contributed by atoms with Crippen molar-refractivity contribution in [3.63, 3.8) is 0 Å². The summed E-state index contributed by atoms with van der Waals surface area (Å²) in [7, 11) is 0. The van der Waals surface area contributed by atoms with Crippen molar-refractivity contribution in [3.8, 4) is 11.5 Å². The van der Waals surface area contributed by atoms with Gasteiger partial charge in [0, 0.05) is 18.8 Å². The topological polar surface area (TPSA) is 76.1 Å². The first-order chi connectivity index (χ1) is 14.8. The van der Waals surface area contributed by atoms with E-state index in [1.165, 1.54) is 25.6 Å². The van der Waals surface area contributed by atoms with Gasteiger partial charge < -0.3 is 15.0 Å². The van der Waals surface area contributed by atoms with E-state index >= 15 is 0 Å². The number of benzene rings is 2. The minimum Gasteiger partial charge on any atom is -0.457 e.